The summed E-state index contributed by atoms with van der Waals surface area (Å²) in [5, 5.41) is 0. The van der Waals surface area contributed by atoms with Gasteiger partial charge in [0.2, 0.25) is 0 Å². The van der Waals surface area contributed by atoms with E-state index >= 15 is 0 Å². The molecular formula is C12H22. The summed E-state index contributed by atoms with van der Waals surface area (Å²) in [6.45, 7) is 7.39. The summed E-state index contributed by atoms with van der Waals surface area (Å²) in [4.78, 5) is 0. The maximum Gasteiger partial charge on any atom is -0.0292 e. The largest absolute Gasteiger partial charge is 0.0651 e. The molecule has 2 aliphatic rings. The van der Waals surface area contributed by atoms with Crippen LogP contribution in [-0.2, 0) is 0 Å². The van der Waals surface area contributed by atoms with Crippen LogP contribution in [-0.4, -0.2) is 0 Å². The lowest BCUT2D eigenvalue weighted by atomic mass is 9.79. The first-order valence-corrected chi connectivity index (χ1v) is 5.67. The normalized spacial score (nSPS) is 52.8. The van der Waals surface area contributed by atoms with Crippen molar-refractivity contribution >= 4 is 0 Å². The highest BCUT2D eigenvalue weighted by atomic mass is 14.5. The van der Waals surface area contributed by atoms with Crippen molar-refractivity contribution < 1.29 is 0 Å². The molecule has 2 saturated carbocycles. The van der Waals surface area contributed by atoms with Crippen LogP contribution in [0.3, 0.4) is 0 Å². The summed E-state index contributed by atoms with van der Waals surface area (Å²) < 4.78 is 0. The summed E-state index contributed by atoms with van der Waals surface area (Å²) >= 11 is 0. The molecule has 0 N–H and O–H groups in total. The van der Waals surface area contributed by atoms with E-state index in [1.165, 1.54) is 32.1 Å². The van der Waals surface area contributed by atoms with Gasteiger partial charge in [-0.05, 0) is 42.4 Å². The molecular weight excluding hydrogens is 144 g/mol. The molecule has 0 heterocycles. The Morgan fingerprint density at radius 1 is 1.42 bits per heavy atom. The van der Waals surface area contributed by atoms with Crippen LogP contribution in [0, 0.1) is 23.2 Å². The summed E-state index contributed by atoms with van der Waals surface area (Å²) in [5.74, 6) is 3.14. The maximum absolute atomic E-state index is 2.54. The third-order valence-electron chi connectivity index (χ3n) is 4.67. The molecule has 12 heavy (non-hydrogen) atoms. The molecule has 0 spiro atoms. The molecule has 0 nitrogen and oxygen atoms in total. The molecule has 4 unspecified atom stereocenters. The van der Waals surface area contributed by atoms with E-state index in [2.05, 4.69) is 20.8 Å². The molecule has 0 aliphatic heterocycles. The number of hydrogen-bond acceptors (Lipinski definition) is 0. The van der Waals surface area contributed by atoms with E-state index < -0.39 is 0 Å². The van der Waals surface area contributed by atoms with Crippen molar-refractivity contribution in [3.05, 3.63) is 0 Å². The van der Waals surface area contributed by atoms with Crippen LogP contribution >= 0.6 is 0 Å². The van der Waals surface area contributed by atoms with Crippen LogP contribution in [0.2, 0.25) is 0 Å². The van der Waals surface area contributed by atoms with Gasteiger partial charge in [-0.2, -0.15) is 0 Å². The SMILES string of the molecule is CCC1C(C)CC2(C)CCCC12. The van der Waals surface area contributed by atoms with Crippen molar-refractivity contribution in [1.82, 2.24) is 0 Å². The highest BCUT2D eigenvalue weighted by Gasteiger charge is 2.50. The molecule has 0 aromatic rings. The van der Waals surface area contributed by atoms with E-state index in [9.17, 15) is 0 Å². The van der Waals surface area contributed by atoms with Gasteiger partial charge in [0, 0.05) is 0 Å². The minimum absolute atomic E-state index is 0.750. The predicted octanol–water partition coefficient (Wildman–Crippen LogP) is 3.86. The summed E-state index contributed by atoms with van der Waals surface area (Å²) in [7, 11) is 0. The Balaban J connectivity index is 2.18. The van der Waals surface area contributed by atoms with Crippen molar-refractivity contribution in [2.75, 3.05) is 0 Å². The van der Waals surface area contributed by atoms with Crippen LogP contribution in [0.25, 0.3) is 0 Å². The molecule has 4 atom stereocenters. The quantitative estimate of drug-likeness (QED) is 0.555. The molecule has 2 fully saturated rings. The highest BCUT2D eigenvalue weighted by molar-refractivity contribution is 4.99. The van der Waals surface area contributed by atoms with Gasteiger partial charge in [0.05, 0.1) is 0 Å². The molecule has 0 radical (unpaired) electrons. The Morgan fingerprint density at radius 2 is 2.17 bits per heavy atom. The average Bonchev–Trinajstić information content (AvgIpc) is 2.42. The molecule has 2 aliphatic carbocycles. The van der Waals surface area contributed by atoms with E-state index in [4.69, 9.17) is 0 Å². The second-order valence-corrected chi connectivity index (χ2v) is 5.41. The number of hydrogen-bond donors (Lipinski definition) is 0. The van der Waals surface area contributed by atoms with Crippen LogP contribution in [0.4, 0.5) is 0 Å². The Morgan fingerprint density at radius 3 is 2.83 bits per heavy atom. The second kappa shape index (κ2) is 2.75. The molecule has 0 saturated heterocycles. The lowest BCUT2D eigenvalue weighted by molar-refractivity contribution is 0.233. The first-order valence-electron chi connectivity index (χ1n) is 5.67. The van der Waals surface area contributed by atoms with Crippen molar-refractivity contribution in [2.45, 2.75) is 52.9 Å². The monoisotopic (exact) mass is 166 g/mol. The van der Waals surface area contributed by atoms with Gasteiger partial charge in [-0.3, -0.25) is 0 Å². The Bertz CT molecular complexity index is 173. The van der Waals surface area contributed by atoms with Gasteiger partial charge >= 0.3 is 0 Å². The van der Waals surface area contributed by atoms with Crippen LogP contribution in [0.15, 0.2) is 0 Å². The van der Waals surface area contributed by atoms with Crippen molar-refractivity contribution in [1.29, 1.82) is 0 Å². The molecule has 0 bridgehead atoms. The third-order valence-corrected chi connectivity index (χ3v) is 4.67. The Kier molecular flexibility index (Phi) is 1.97. The van der Waals surface area contributed by atoms with E-state index in [0.717, 1.165) is 23.2 Å². The van der Waals surface area contributed by atoms with Gasteiger partial charge in [0.15, 0.2) is 0 Å². The van der Waals surface area contributed by atoms with Gasteiger partial charge in [0.1, 0.15) is 0 Å². The fraction of sp³-hybridized carbons (Fsp3) is 1.00. The van der Waals surface area contributed by atoms with Crippen molar-refractivity contribution in [3.63, 3.8) is 0 Å². The van der Waals surface area contributed by atoms with Crippen molar-refractivity contribution in [3.8, 4) is 0 Å². The Labute approximate surface area is 76.7 Å². The summed E-state index contributed by atoms with van der Waals surface area (Å²) in [5.41, 5.74) is 0.750. The zero-order valence-electron chi connectivity index (χ0n) is 8.77. The van der Waals surface area contributed by atoms with E-state index in [-0.39, 0.29) is 0 Å². The minimum Gasteiger partial charge on any atom is -0.0651 e. The maximum atomic E-state index is 2.54. The summed E-state index contributed by atoms with van der Waals surface area (Å²) in [6.07, 6.45) is 7.47. The molecule has 2 rings (SSSR count). The van der Waals surface area contributed by atoms with Crippen molar-refractivity contribution in [2.24, 2.45) is 23.2 Å². The lowest BCUT2D eigenvalue weighted by Gasteiger charge is -2.26. The molecule has 0 amide bonds. The Hall–Kier alpha value is 0. The smallest absolute Gasteiger partial charge is 0.0292 e. The fourth-order valence-corrected chi connectivity index (χ4v) is 4.21. The van der Waals surface area contributed by atoms with Gasteiger partial charge in [-0.25, -0.2) is 0 Å². The van der Waals surface area contributed by atoms with Crippen LogP contribution < -0.4 is 0 Å². The molecule has 0 aromatic carbocycles. The molecule has 70 valence electrons. The molecule has 0 heteroatoms. The number of fused-ring (bicyclic) bond motifs is 1. The first-order chi connectivity index (χ1) is 5.67. The zero-order valence-corrected chi connectivity index (χ0v) is 8.77. The van der Waals surface area contributed by atoms with E-state index in [1.807, 2.05) is 0 Å². The third kappa shape index (κ3) is 1.03. The topological polar surface area (TPSA) is 0 Å². The minimum atomic E-state index is 0.750. The van der Waals surface area contributed by atoms with Gasteiger partial charge in [-0.1, -0.05) is 33.6 Å². The standard InChI is InChI=1S/C12H22/c1-4-10-9(2)8-12(3)7-5-6-11(10)12/h9-11H,4-8H2,1-3H3. The predicted molar refractivity (Wildman–Crippen MR) is 53.0 cm³/mol. The van der Waals surface area contributed by atoms with Gasteiger partial charge in [0.25, 0.3) is 0 Å². The highest BCUT2D eigenvalue weighted by Crippen LogP contribution is 2.59. The van der Waals surface area contributed by atoms with E-state index in [1.54, 1.807) is 0 Å². The first kappa shape index (κ1) is 8.59. The zero-order chi connectivity index (χ0) is 8.77. The fourth-order valence-electron chi connectivity index (χ4n) is 4.21. The van der Waals surface area contributed by atoms with Crippen LogP contribution in [0.1, 0.15) is 52.9 Å². The van der Waals surface area contributed by atoms with Gasteiger partial charge < -0.3 is 0 Å². The summed E-state index contributed by atoms with van der Waals surface area (Å²) in [6, 6.07) is 0. The van der Waals surface area contributed by atoms with E-state index in [0.29, 0.717) is 0 Å². The van der Waals surface area contributed by atoms with Gasteiger partial charge in [-0.15, -0.1) is 0 Å². The lowest BCUT2D eigenvalue weighted by Crippen LogP contribution is -2.18. The second-order valence-electron chi connectivity index (χ2n) is 5.41. The number of rotatable bonds is 1. The molecule has 0 aromatic heterocycles. The average molecular weight is 166 g/mol. The van der Waals surface area contributed by atoms with Crippen LogP contribution in [0.5, 0.6) is 0 Å².